The number of carbonyl (C=O) groups is 1. The molecule has 3 aromatic heterocycles. The van der Waals surface area contributed by atoms with E-state index in [1.54, 1.807) is 10.9 Å². The smallest absolute Gasteiger partial charge is 0.304 e. The maximum Gasteiger partial charge on any atom is 0.304 e. The Morgan fingerprint density at radius 1 is 1.06 bits per heavy atom. The van der Waals surface area contributed by atoms with Gasteiger partial charge >= 0.3 is 5.97 Å². The van der Waals surface area contributed by atoms with E-state index in [1.165, 1.54) is 0 Å². The van der Waals surface area contributed by atoms with E-state index >= 15 is 0 Å². The Morgan fingerprint density at radius 2 is 1.83 bits per heavy atom. The fourth-order valence-electron chi connectivity index (χ4n) is 4.65. The second-order valence-electron chi connectivity index (χ2n) is 9.14. The largest absolute Gasteiger partial charge is 0.481 e. The number of ether oxygens (including phenoxy) is 1. The van der Waals surface area contributed by atoms with Crippen LogP contribution < -0.4 is 5.73 Å². The molecule has 0 unspecified atom stereocenters. The zero-order valence-electron chi connectivity index (χ0n) is 20.0. The molecule has 36 heavy (non-hydrogen) atoms. The number of nitrogens with zero attached hydrogens (tertiary/aromatic N) is 6. The minimum Gasteiger partial charge on any atom is -0.481 e. The van der Waals surface area contributed by atoms with E-state index in [0.717, 1.165) is 22.5 Å². The van der Waals surface area contributed by atoms with Crippen molar-refractivity contribution in [1.82, 2.24) is 29.9 Å². The Hall–Kier alpha value is -4.18. The molecule has 10 heteroatoms. The minimum atomic E-state index is -0.834. The zero-order chi connectivity index (χ0) is 25.1. The van der Waals surface area contributed by atoms with Gasteiger partial charge in [-0.3, -0.25) is 9.78 Å². The quantitative estimate of drug-likeness (QED) is 0.403. The van der Waals surface area contributed by atoms with Gasteiger partial charge in [-0.2, -0.15) is 0 Å². The lowest BCUT2D eigenvalue weighted by molar-refractivity contribution is -0.139. The number of aryl methyl sites for hydroxylation is 1. The lowest BCUT2D eigenvalue weighted by atomic mass is 9.74. The van der Waals surface area contributed by atoms with E-state index in [9.17, 15) is 9.90 Å². The minimum absolute atomic E-state index is 0.0265. The van der Waals surface area contributed by atoms with Crippen molar-refractivity contribution >= 4 is 11.9 Å². The number of hydrogen-bond donors (Lipinski definition) is 2. The van der Waals surface area contributed by atoms with Crippen molar-refractivity contribution in [2.24, 2.45) is 0 Å². The van der Waals surface area contributed by atoms with Crippen LogP contribution in [0.1, 0.15) is 36.2 Å². The second-order valence-corrected chi connectivity index (χ2v) is 9.14. The summed E-state index contributed by atoms with van der Waals surface area (Å²) in [6, 6.07) is 15.6. The summed E-state index contributed by atoms with van der Waals surface area (Å²) in [7, 11) is 0. The van der Waals surface area contributed by atoms with Crippen molar-refractivity contribution in [2.75, 3.05) is 18.9 Å². The number of hydrogen-bond acceptors (Lipinski definition) is 8. The van der Waals surface area contributed by atoms with Gasteiger partial charge in [-0.15, -0.1) is 5.10 Å². The standard InChI is InChI=1S/C26H27N7O3/c1-17-4-2-5-18(12-17)20-13-21(30-25(27)29-20)22-16-33(32-31-22)15-19-6-3-7-23(28-19)26(14-24(34)35)8-10-36-11-9-26/h2-7,12-13,16H,8-11,14-15H2,1H3,(H,34,35)(H2,27,29,30). The van der Waals surface area contributed by atoms with Gasteiger partial charge in [-0.1, -0.05) is 35.0 Å². The highest BCUT2D eigenvalue weighted by Gasteiger charge is 2.38. The Labute approximate surface area is 208 Å². The van der Waals surface area contributed by atoms with Gasteiger partial charge in [0.2, 0.25) is 5.95 Å². The predicted molar refractivity (Wildman–Crippen MR) is 133 cm³/mol. The van der Waals surface area contributed by atoms with Gasteiger partial charge in [0.1, 0.15) is 5.69 Å². The summed E-state index contributed by atoms with van der Waals surface area (Å²) >= 11 is 0. The summed E-state index contributed by atoms with van der Waals surface area (Å²) in [4.78, 5) is 25.2. The average molecular weight is 486 g/mol. The number of carboxylic acid groups (broad SMARTS) is 1. The zero-order valence-corrected chi connectivity index (χ0v) is 20.0. The average Bonchev–Trinajstić information content (AvgIpc) is 3.32. The molecule has 1 aliphatic rings. The normalized spacial score (nSPS) is 15.0. The molecule has 0 radical (unpaired) electrons. The lowest BCUT2D eigenvalue weighted by Gasteiger charge is -2.35. The van der Waals surface area contributed by atoms with E-state index in [-0.39, 0.29) is 12.4 Å². The summed E-state index contributed by atoms with van der Waals surface area (Å²) in [5.41, 5.74) is 10.9. The number of anilines is 1. The van der Waals surface area contributed by atoms with Gasteiger partial charge in [0, 0.05) is 29.9 Å². The van der Waals surface area contributed by atoms with Crippen molar-refractivity contribution in [3.63, 3.8) is 0 Å². The number of aliphatic carboxylic acids is 1. The second kappa shape index (κ2) is 9.82. The number of aromatic nitrogens is 6. The van der Waals surface area contributed by atoms with E-state index in [2.05, 4.69) is 20.3 Å². The molecule has 0 amide bonds. The number of nitrogen functional groups attached to an aromatic ring is 1. The van der Waals surface area contributed by atoms with Gasteiger partial charge in [-0.05, 0) is 44.0 Å². The van der Waals surface area contributed by atoms with Gasteiger partial charge in [-0.25, -0.2) is 14.6 Å². The highest BCUT2D eigenvalue weighted by atomic mass is 16.5. The van der Waals surface area contributed by atoms with Crippen molar-refractivity contribution < 1.29 is 14.6 Å². The third kappa shape index (κ3) is 5.08. The molecule has 0 spiro atoms. The van der Waals surface area contributed by atoms with Crippen LogP contribution in [0.4, 0.5) is 5.95 Å². The molecule has 10 nitrogen and oxygen atoms in total. The van der Waals surface area contributed by atoms with E-state index < -0.39 is 11.4 Å². The van der Waals surface area contributed by atoms with Crippen molar-refractivity contribution in [1.29, 1.82) is 0 Å². The fraction of sp³-hybridized carbons (Fsp3) is 0.308. The summed E-state index contributed by atoms with van der Waals surface area (Å²) in [6.07, 6.45) is 3.07. The van der Waals surface area contributed by atoms with Gasteiger partial charge < -0.3 is 15.6 Å². The van der Waals surface area contributed by atoms with Crippen LogP contribution in [0.2, 0.25) is 0 Å². The van der Waals surface area contributed by atoms with Crippen molar-refractivity contribution in [3.05, 3.63) is 71.7 Å². The summed E-state index contributed by atoms with van der Waals surface area (Å²) in [5.74, 6) is -0.674. The maximum absolute atomic E-state index is 11.6. The van der Waals surface area contributed by atoms with Crippen LogP contribution in [-0.4, -0.2) is 54.2 Å². The Kier molecular flexibility index (Phi) is 6.43. The predicted octanol–water partition coefficient (Wildman–Crippen LogP) is 3.26. The molecule has 4 aromatic rings. The summed E-state index contributed by atoms with van der Waals surface area (Å²) in [5, 5.41) is 18.1. The molecule has 1 aliphatic heterocycles. The number of rotatable bonds is 7. The maximum atomic E-state index is 11.6. The third-order valence-electron chi connectivity index (χ3n) is 6.47. The molecule has 1 aromatic carbocycles. The number of nitrogens with two attached hydrogens (primary N) is 1. The molecule has 3 N–H and O–H groups in total. The van der Waals surface area contributed by atoms with Crippen LogP contribution in [0.5, 0.6) is 0 Å². The number of benzene rings is 1. The highest BCUT2D eigenvalue weighted by Crippen LogP contribution is 2.37. The molecule has 0 aliphatic carbocycles. The van der Waals surface area contributed by atoms with Crippen LogP contribution >= 0.6 is 0 Å². The first-order chi connectivity index (χ1) is 17.4. The first-order valence-electron chi connectivity index (χ1n) is 11.8. The van der Waals surface area contributed by atoms with E-state index in [0.29, 0.717) is 49.7 Å². The van der Waals surface area contributed by atoms with Crippen LogP contribution in [0.3, 0.4) is 0 Å². The molecule has 4 heterocycles. The molecule has 5 rings (SSSR count). The summed E-state index contributed by atoms with van der Waals surface area (Å²) < 4.78 is 7.17. The molecular formula is C26H27N7O3. The Morgan fingerprint density at radius 3 is 2.61 bits per heavy atom. The lowest BCUT2D eigenvalue weighted by Crippen LogP contribution is -2.37. The number of carboxylic acids is 1. The Balaban J connectivity index is 1.40. The molecule has 184 valence electrons. The molecule has 0 saturated carbocycles. The first kappa shape index (κ1) is 23.6. The van der Waals surface area contributed by atoms with E-state index in [1.807, 2.05) is 55.5 Å². The third-order valence-corrected chi connectivity index (χ3v) is 6.47. The molecule has 0 atom stereocenters. The SMILES string of the molecule is Cc1cccc(-c2cc(-c3cn(Cc4cccc(C5(CC(=O)O)CCOCC5)n4)nn3)nc(N)n2)c1. The molecular weight excluding hydrogens is 458 g/mol. The van der Waals surface area contributed by atoms with Crippen LogP contribution in [-0.2, 0) is 21.5 Å². The van der Waals surface area contributed by atoms with Crippen molar-refractivity contribution in [2.45, 2.75) is 38.1 Å². The van der Waals surface area contributed by atoms with Crippen LogP contribution in [0, 0.1) is 6.92 Å². The van der Waals surface area contributed by atoms with Crippen LogP contribution in [0.25, 0.3) is 22.6 Å². The molecule has 1 fully saturated rings. The topological polar surface area (TPSA) is 142 Å². The summed E-state index contributed by atoms with van der Waals surface area (Å²) in [6.45, 7) is 3.46. The molecule has 0 bridgehead atoms. The van der Waals surface area contributed by atoms with Crippen LogP contribution in [0.15, 0.2) is 54.7 Å². The van der Waals surface area contributed by atoms with Crippen molar-refractivity contribution in [3.8, 4) is 22.6 Å². The fourth-order valence-corrected chi connectivity index (χ4v) is 4.65. The monoisotopic (exact) mass is 485 g/mol. The van der Waals surface area contributed by atoms with Gasteiger partial charge in [0.05, 0.1) is 36.2 Å². The highest BCUT2D eigenvalue weighted by molar-refractivity contribution is 5.69. The van der Waals surface area contributed by atoms with Gasteiger partial charge in [0.15, 0.2) is 0 Å². The van der Waals surface area contributed by atoms with Gasteiger partial charge in [0.25, 0.3) is 0 Å². The number of pyridine rings is 1. The Bertz CT molecular complexity index is 1400. The van der Waals surface area contributed by atoms with E-state index in [4.69, 9.17) is 15.5 Å². The molecule has 1 saturated heterocycles. The first-order valence-corrected chi connectivity index (χ1v) is 11.8.